The smallest absolute Gasteiger partial charge is 0.319 e. The molecule has 5 nitrogen and oxygen atoms in total. The predicted octanol–water partition coefficient (Wildman–Crippen LogP) is 1.74. The van der Waals surface area contributed by atoms with Crippen molar-refractivity contribution in [3.8, 4) is 5.75 Å². The molecule has 0 aromatic heterocycles. The van der Waals surface area contributed by atoms with Crippen molar-refractivity contribution in [2.75, 3.05) is 36.5 Å². The Kier molecular flexibility index (Phi) is 10.2. The van der Waals surface area contributed by atoms with E-state index in [-0.39, 0.29) is 18.4 Å². The molecule has 2 rings (SSSR count). The van der Waals surface area contributed by atoms with Gasteiger partial charge in [0.25, 0.3) is 0 Å². The molecule has 0 aliphatic carbocycles. The van der Waals surface area contributed by atoms with Crippen molar-refractivity contribution in [2.24, 2.45) is 0 Å². The number of rotatable bonds is 9. The van der Waals surface area contributed by atoms with Crippen LogP contribution in [0.25, 0.3) is 0 Å². The zero-order valence-corrected chi connectivity index (χ0v) is 18.0. The minimum Gasteiger partial charge on any atom is -1.00 e. The lowest BCUT2D eigenvalue weighted by Gasteiger charge is -2.22. The minimum atomic E-state index is -0.191. The molecule has 2 aromatic carbocycles. The summed E-state index contributed by atoms with van der Waals surface area (Å²) in [6.07, 6.45) is 0.751. The molecule has 0 saturated heterocycles. The monoisotopic (exact) mass is 404 g/mol. The summed E-state index contributed by atoms with van der Waals surface area (Å²) in [5.74, 6) is 0.856. The van der Waals surface area contributed by atoms with Gasteiger partial charge < -0.3 is 32.7 Å². The number of ether oxygens (including phenoxy) is 1. The molecule has 28 heavy (non-hydrogen) atoms. The summed E-state index contributed by atoms with van der Waals surface area (Å²) in [6, 6.07) is 13.9. The maximum atomic E-state index is 12.1. The summed E-state index contributed by atoms with van der Waals surface area (Å²) in [7, 11) is 0. The standard InChI is InChI=1S/C22H31N3O2.ClH/c1-5-25(6-2)19-10-13-21(18(4)16-19)24-22(26)23-14-7-15-27-20-11-8-17(3)9-12-20;/h8-13,16H,5-7,14-15H2,1-4H3,(H2,23,24,26);1H/p-1. The zero-order valence-electron chi connectivity index (χ0n) is 17.2. The van der Waals surface area contributed by atoms with Gasteiger partial charge in [-0.3, -0.25) is 0 Å². The SMILES string of the molecule is CCN(CC)c1ccc(NC(=O)NCCCOc2ccc(C)cc2)c(C)c1.[Cl-]. The maximum Gasteiger partial charge on any atom is 0.319 e. The number of benzene rings is 2. The van der Waals surface area contributed by atoms with Crippen LogP contribution >= 0.6 is 0 Å². The molecule has 0 aliphatic heterocycles. The first-order chi connectivity index (χ1) is 13.0. The van der Waals surface area contributed by atoms with Gasteiger partial charge in [-0.15, -0.1) is 0 Å². The second kappa shape index (κ2) is 12.1. The van der Waals surface area contributed by atoms with E-state index < -0.39 is 0 Å². The van der Waals surface area contributed by atoms with Gasteiger partial charge in [-0.05, 0) is 70.0 Å². The number of anilines is 2. The number of hydrogen-bond acceptors (Lipinski definition) is 3. The van der Waals surface area contributed by atoms with E-state index in [9.17, 15) is 4.79 Å². The van der Waals surface area contributed by atoms with Gasteiger partial charge >= 0.3 is 6.03 Å². The molecule has 2 aromatic rings. The highest BCUT2D eigenvalue weighted by atomic mass is 35.5. The maximum absolute atomic E-state index is 12.1. The number of hydrogen-bond donors (Lipinski definition) is 2. The van der Waals surface area contributed by atoms with Crippen LogP contribution in [0.3, 0.4) is 0 Å². The second-order valence-electron chi connectivity index (χ2n) is 6.57. The highest BCUT2D eigenvalue weighted by Crippen LogP contribution is 2.22. The lowest BCUT2D eigenvalue weighted by atomic mass is 10.1. The van der Waals surface area contributed by atoms with Crippen LogP contribution in [0.5, 0.6) is 5.75 Å². The fraction of sp³-hybridized carbons (Fsp3) is 0.409. The van der Waals surface area contributed by atoms with Crippen LogP contribution in [0, 0.1) is 13.8 Å². The Hall–Kier alpha value is -2.40. The van der Waals surface area contributed by atoms with Crippen LogP contribution in [0.15, 0.2) is 42.5 Å². The van der Waals surface area contributed by atoms with E-state index in [2.05, 4.69) is 35.4 Å². The number of nitrogens with one attached hydrogen (secondary N) is 2. The highest BCUT2D eigenvalue weighted by Gasteiger charge is 2.07. The molecule has 0 heterocycles. The van der Waals surface area contributed by atoms with Crippen molar-refractivity contribution in [1.82, 2.24) is 5.32 Å². The second-order valence-corrected chi connectivity index (χ2v) is 6.57. The van der Waals surface area contributed by atoms with Crippen molar-refractivity contribution in [2.45, 2.75) is 34.1 Å². The van der Waals surface area contributed by atoms with E-state index in [1.54, 1.807) is 0 Å². The molecule has 0 saturated carbocycles. The predicted molar refractivity (Wildman–Crippen MR) is 113 cm³/mol. The molecule has 2 N–H and O–H groups in total. The molecule has 0 unspecified atom stereocenters. The van der Waals surface area contributed by atoms with Crippen LogP contribution in [-0.2, 0) is 0 Å². The van der Waals surface area contributed by atoms with E-state index in [4.69, 9.17) is 4.74 Å². The number of halogens is 1. The Morgan fingerprint density at radius 2 is 1.71 bits per heavy atom. The number of carbonyl (C=O) groups excluding carboxylic acids is 1. The van der Waals surface area contributed by atoms with Gasteiger partial charge in [0.2, 0.25) is 0 Å². The normalized spacial score (nSPS) is 10.0. The summed E-state index contributed by atoms with van der Waals surface area (Å²) >= 11 is 0. The van der Waals surface area contributed by atoms with Gasteiger partial charge in [0.05, 0.1) is 6.61 Å². The Morgan fingerprint density at radius 3 is 2.32 bits per heavy atom. The molecular weight excluding hydrogens is 374 g/mol. The Balaban J connectivity index is 0.00000392. The van der Waals surface area contributed by atoms with Gasteiger partial charge in [-0.25, -0.2) is 4.79 Å². The number of carbonyl (C=O) groups is 1. The van der Waals surface area contributed by atoms with Crippen molar-refractivity contribution in [3.05, 3.63) is 53.6 Å². The molecule has 0 atom stereocenters. The van der Waals surface area contributed by atoms with E-state index in [1.807, 2.05) is 50.2 Å². The lowest BCUT2D eigenvalue weighted by molar-refractivity contribution is -0.00000944. The number of aryl methyl sites for hydroxylation is 2. The molecule has 154 valence electrons. The number of amides is 2. The molecule has 0 radical (unpaired) electrons. The largest absolute Gasteiger partial charge is 1.00 e. The molecule has 6 heteroatoms. The summed E-state index contributed by atoms with van der Waals surface area (Å²) in [6.45, 7) is 11.4. The summed E-state index contributed by atoms with van der Waals surface area (Å²) in [5, 5.41) is 5.79. The topological polar surface area (TPSA) is 53.6 Å². The molecular formula is C22H31ClN3O2-. The number of nitrogens with zero attached hydrogens (tertiary/aromatic N) is 1. The van der Waals surface area contributed by atoms with Gasteiger partial charge in [0.15, 0.2) is 0 Å². The van der Waals surface area contributed by atoms with Crippen molar-refractivity contribution < 1.29 is 21.9 Å². The van der Waals surface area contributed by atoms with Crippen molar-refractivity contribution >= 4 is 17.4 Å². The lowest BCUT2D eigenvalue weighted by Crippen LogP contribution is -3.00. The Labute approximate surface area is 174 Å². The van der Waals surface area contributed by atoms with E-state index in [1.165, 1.54) is 11.3 Å². The van der Waals surface area contributed by atoms with Crippen LogP contribution in [0.4, 0.5) is 16.2 Å². The van der Waals surface area contributed by atoms with E-state index in [0.717, 1.165) is 36.5 Å². The van der Waals surface area contributed by atoms with Crippen LogP contribution in [0.2, 0.25) is 0 Å². The number of urea groups is 1. The van der Waals surface area contributed by atoms with Crippen LogP contribution in [0.1, 0.15) is 31.4 Å². The van der Waals surface area contributed by atoms with E-state index in [0.29, 0.717) is 13.2 Å². The third-order valence-electron chi connectivity index (χ3n) is 4.48. The first-order valence-electron chi connectivity index (χ1n) is 9.63. The molecule has 0 fully saturated rings. The van der Waals surface area contributed by atoms with E-state index >= 15 is 0 Å². The summed E-state index contributed by atoms with van der Waals surface area (Å²) in [4.78, 5) is 14.4. The Morgan fingerprint density at radius 1 is 1.04 bits per heavy atom. The van der Waals surface area contributed by atoms with Crippen LogP contribution < -0.4 is 32.7 Å². The van der Waals surface area contributed by atoms with Gasteiger partial charge in [-0.1, -0.05) is 17.7 Å². The first-order valence-corrected chi connectivity index (χ1v) is 9.63. The van der Waals surface area contributed by atoms with Gasteiger partial charge in [0.1, 0.15) is 5.75 Å². The van der Waals surface area contributed by atoms with Crippen molar-refractivity contribution in [1.29, 1.82) is 0 Å². The average Bonchev–Trinajstić information content (AvgIpc) is 2.66. The molecule has 0 aliphatic rings. The third-order valence-corrected chi connectivity index (χ3v) is 4.48. The summed E-state index contributed by atoms with van der Waals surface area (Å²) < 4.78 is 5.66. The van der Waals surface area contributed by atoms with Crippen LogP contribution in [-0.4, -0.2) is 32.3 Å². The zero-order chi connectivity index (χ0) is 19.6. The molecule has 0 spiro atoms. The molecule has 0 bridgehead atoms. The average molecular weight is 405 g/mol. The molecule has 2 amide bonds. The minimum absolute atomic E-state index is 0. The van der Waals surface area contributed by atoms with Crippen molar-refractivity contribution in [3.63, 3.8) is 0 Å². The quantitative estimate of drug-likeness (QED) is 0.626. The first kappa shape index (κ1) is 23.6. The fourth-order valence-electron chi connectivity index (χ4n) is 2.84. The highest BCUT2D eigenvalue weighted by molar-refractivity contribution is 5.90. The third kappa shape index (κ3) is 7.31. The van der Waals surface area contributed by atoms with Gasteiger partial charge in [0, 0.05) is 31.0 Å². The Bertz CT molecular complexity index is 731. The fourth-order valence-corrected chi connectivity index (χ4v) is 2.84. The summed E-state index contributed by atoms with van der Waals surface area (Å²) in [5.41, 5.74) is 4.27. The van der Waals surface area contributed by atoms with Gasteiger partial charge in [-0.2, -0.15) is 0 Å².